The van der Waals surface area contributed by atoms with E-state index in [1.807, 2.05) is 12.3 Å². The Balaban J connectivity index is 1.31. The van der Waals surface area contributed by atoms with Crippen molar-refractivity contribution in [2.45, 2.75) is 13.1 Å². The van der Waals surface area contributed by atoms with Crippen LogP contribution in [0, 0.1) is 11.6 Å². The second-order valence-corrected chi connectivity index (χ2v) is 6.93. The van der Waals surface area contributed by atoms with Crippen molar-refractivity contribution in [3.63, 3.8) is 0 Å². The second kappa shape index (κ2) is 7.98. The summed E-state index contributed by atoms with van der Waals surface area (Å²) in [5.41, 5.74) is 2.54. The zero-order chi connectivity index (χ0) is 18.6. The summed E-state index contributed by atoms with van der Waals surface area (Å²) in [6.45, 7) is 5.34. The zero-order valence-corrected chi connectivity index (χ0v) is 15.1. The molecule has 0 N–H and O–H groups in total. The Morgan fingerprint density at radius 1 is 0.815 bits per heavy atom. The summed E-state index contributed by atoms with van der Waals surface area (Å²) in [5, 5.41) is 4.30. The number of nitrogens with zero attached hydrogens (tertiary/aromatic N) is 4. The SMILES string of the molecule is Fc1cccc(CN2CCN(Cc3cnn(-c4ccccc4F)c3)CC2)c1. The van der Waals surface area contributed by atoms with Gasteiger partial charge in [-0.15, -0.1) is 0 Å². The molecule has 0 unspecified atom stereocenters. The molecule has 140 valence electrons. The molecule has 1 aliphatic rings. The maximum Gasteiger partial charge on any atom is 0.148 e. The summed E-state index contributed by atoms with van der Waals surface area (Å²) >= 11 is 0. The molecular formula is C21H22F2N4. The van der Waals surface area contributed by atoms with E-state index in [9.17, 15) is 8.78 Å². The molecule has 6 heteroatoms. The quantitative estimate of drug-likeness (QED) is 0.689. The monoisotopic (exact) mass is 368 g/mol. The van der Waals surface area contributed by atoms with Crippen LogP contribution in [-0.2, 0) is 13.1 Å². The van der Waals surface area contributed by atoms with Gasteiger partial charge in [-0.1, -0.05) is 24.3 Å². The summed E-state index contributed by atoms with van der Waals surface area (Å²) in [7, 11) is 0. The van der Waals surface area contributed by atoms with Gasteiger partial charge in [-0.2, -0.15) is 5.10 Å². The Hall–Kier alpha value is -2.57. The lowest BCUT2D eigenvalue weighted by Gasteiger charge is -2.34. The summed E-state index contributed by atoms with van der Waals surface area (Å²) in [4.78, 5) is 4.71. The van der Waals surface area contributed by atoms with Crippen LogP contribution in [0.4, 0.5) is 8.78 Å². The number of rotatable bonds is 5. The van der Waals surface area contributed by atoms with Gasteiger partial charge in [-0.25, -0.2) is 13.5 Å². The van der Waals surface area contributed by atoms with Gasteiger partial charge in [0.2, 0.25) is 0 Å². The van der Waals surface area contributed by atoms with Crippen molar-refractivity contribution < 1.29 is 8.78 Å². The molecule has 3 aromatic rings. The molecule has 1 saturated heterocycles. The van der Waals surface area contributed by atoms with Gasteiger partial charge in [-0.05, 0) is 29.8 Å². The standard InChI is InChI=1S/C21H22F2N4/c22-19-5-3-4-17(12-19)14-25-8-10-26(11-9-25)15-18-13-24-27(16-18)21-7-2-1-6-20(21)23/h1-7,12-13,16H,8-11,14-15H2. The number of hydrogen-bond donors (Lipinski definition) is 0. The van der Waals surface area contributed by atoms with Crippen molar-refractivity contribution in [2.24, 2.45) is 0 Å². The highest BCUT2D eigenvalue weighted by molar-refractivity contribution is 5.32. The van der Waals surface area contributed by atoms with Crippen LogP contribution in [0.2, 0.25) is 0 Å². The van der Waals surface area contributed by atoms with Crippen LogP contribution in [0.3, 0.4) is 0 Å². The van der Waals surface area contributed by atoms with Crippen molar-refractivity contribution in [3.05, 3.63) is 83.7 Å². The molecule has 0 radical (unpaired) electrons. The van der Waals surface area contributed by atoms with E-state index in [1.54, 1.807) is 41.2 Å². The van der Waals surface area contributed by atoms with Gasteiger partial charge in [0, 0.05) is 51.0 Å². The van der Waals surface area contributed by atoms with E-state index >= 15 is 0 Å². The topological polar surface area (TPSA) is 24.3 Å². The predicted octanol–water partition coefficient (Wildman–Crippen LogP) is 3.47. The highest BCUT2D eigenvalue weighted by atomic mass is 19.1. The van der Waals surface area contributed by atoms with Gasteiger partial charge in [0.25, 0.3) is 0 Å². The maximum absolute atomic E-state index is 13.9. The molecule has 2 aromatic carbocycles. The van der Waals surface area contributed by atoms with Crippen LogP contribution >= 0.6 is 0 Å². The van der Waals surface area contributed by atoms with E-state index in [-0.39, 0.29) is 11.6 Å². The molecular weight excluding hydrogens is 346 g/mol. The van der Waals surface area contributed by atoms with Crippen LogP contribution in [0.15, 0.2) is 60.9 Å². The molecule has 4 nitrogen and oxygen atoms in total. The third-order valence-corrected chi connectivity index (χ3v) is 4.90. The predicted molar refractivity (Wildman–Crippen MR) is 100 cm³/mol. The van der Waals surface area contributed by atoms with E-state index in [1.165, 1.54) is 12.1 Å². The summed E-state index contributed by atoms with van der Waals surface area (Å²) in [6.07, 6.45) is 3.68. The van der Waals surface area contributed by atoms with Crippen LogP contribution in [0.5, 0.6) is 0 Å². The van der Waals surface area contributed by atoms with Crippen molar-refractivity contribution >= 4 is 0 Å². The molecule has 1 aliphatic heterocycles. The minimum absolute atomic E-state index is 0.182. The first kappa shape index (κ1) is 17.8. The van der Waals surface area contributed by atoms with Gasteiger partial charge < -0.3 is 0 Å². The molecule has 0 amide bonds. The molecule has 27 heavy (non-hydrogen) atoms. The van der Waals surface area contributed by atoms with Crippen molar-refractivity contribution in [2.75, 3.05) is 26.2 Å². The van der Waals surface area contributed by atoms with Gasteiger partial charge in [0.15, 0.2) is 0 Å². The largest absolute Gasteiger partial charge is 0.297 e. The smallest absolute Gasteiger partial charge is 0.148 e. The number of benzene rings is 2. The summed E-state index contributed by atoms with van der Waals surface area (Å²) in [5.74, 6) is -0.462. The Morgan fingerprint density at radius 3 is 2.22 bits per heavy atom. The second-order valence-electron chi connectivity index (χ2n) is 6.93. The lowest BCUT2D eigenvalue weighted by Crippen LogP contribution is -2.45. The molecule has 1 fully saturated rings. The molecule has 0 atom stereocenters. The highest BCUT2D eigenvalue weighted by Crippen LogP contribution is 2.15. The van der Waals surface area contributed by atoms with E-state index < -0.39 is 0 Å². The molecule has 0 bridgehead atoms. The minimum Gasteiger partial charge on any atom is -0.297 e. The summed E-state index contributed by atoms with van der Waals surface area (Å²) < 4.78 is 28.8. The normalized spacial score (nSPS) is 15.9. The lowest BCUT2D eigenvalue weighted by atomic mass is 10.2. The van der Waals surface area contributed by atoms with E-state index in [4.69, 9.17) is 0 Å². The first-order valence-electron chi connectivity index (χ1n) is 9.15. The van der Waals surface area contributed by atoms with E-state index in [0.717, 1.165) is 50.4 Å². The van der Waals surface area contributed by atoms with Crippen LogP contribution < -0.4 is 0 Å². The Labute approximate surface area is 157 Å². The van der Waals surface area contributed by atoms with Crippen molar-refractivity contribution in [1.29, 1.82) is 0 Å². The van der Waals surface area contributed by atoms with Crippen molar-refractivity contribution in [1.82, 2.24) is 19.6 Å². The van der Waals surface area contributed by atoms with Gasteiger partial charge in [-0.3, -0.25) is 9.80 Å². The lowest BCUT2D eigenvalue weighted by molar-refractivity contribution is 0.122. The zero-order valence-electron chi connectivity index (χ0n) is 15.1. The van der Waals surface area contributed by atoms with Crippen molar-refractivity contribution in [3.8, 4) is 5.69 Å². The number of aromatic nitrogens is 2. The number of para-hydroxylation sites is 1. The van der Waals surface area contributed by atoms with E-state index in [2.05, 4.69) is 14.9 Å². The average molecular weight is 368 g/mol. The number of hydrogen-bond acceptors (Lipinski definition) is 3. The molecule has 4 rings (SSSR count). The Kier molecular flexibility index (Phi) is 5.27. The Morgan fingerprint density at radius 2 is 1.52 bits per heavy atom. The molecule has 2 heterocycles. The van der Waals surface area contributed by atoms with E-state index in [0.29, 0.717) is 5.69 Å². The average Bonchev–Trinajstić information content (AvgIpc) is 3.12. The van der Waals surface area contributed by atoms with Crippen LogP contribution in [0.25, 0.3) is 5.69 Å². The third-order valence-electron chi connectivity index (χ3n) is 4.90. The highest BCUT2D eigenvalue weighted by Gasteiger charge is 2.18. The fourth-order valence-corrected chi connectivity index (χ4v) is 3.47. The number of halogens is 2. The Bertz CT molecular complexity index is 900. The molecule has 1 aromatic heterocycles. The molecule has 0 saturated carbocycles. The fraction of sp³-hybridized carbons (Fsp3) is 0.286. The molecule has 0 aliphatic carbocycles. The first-order valence-corrected chi connectivity index (χ1v) is 9.15. The summed E-state index contributed by atoms with van der Waals surface area (Å²) in [6, 6.07) is 13.4. The minimum atomic E-state index is -0.280. The van der Waals surface area contributed by atoms with Gasteiger partial charge in [0.1, 0.15) is 17.3 Å². The fourth-order valence-electron chi connectivity index (χ4n) is 3.47. The maximum atomic E-state index is 13.9. The van der Waals surface area contributed by atoms with Gasteiger partial charge >= 0.3 is 0 Å². The number of piperazine rings is 1. The van der Waals surface area contributed by atoms with Gasteiger partial charge in [0.05, 0.1) is 6.20 Å². The first-order chi connectivity index (χ1) is 13.2. The van der Waals surface area contributed by atoms with Crippen LogP contribution in [0.1, 0.15) is 11.1 Å². The third kappa shape index (κ3) is 4.40. The van der Waals surface area contributed by atoms with Crippen LogP contribution in [-0.4, -0.2) is 45.8 Å². The molecule has 0 spiro atoms.